The van der Waals surface area contributed by atoms with Gasteiger partial charge in [-0.1, -0.05) is 11.6 Å². The van der Waals surface area contributed by atoms with Crippen molar-refractivity contribution in [3.05, 3.63) is 26.6 Å². The standard InChI is InChI=1S/C7H8Cl2N2O/c1-3-5(8)4(2)11(12)7(9)6(3)10/h10H2,1-2H3. The lowest BCUT2D eigenvalue weighted by Crippen LogP contribution is -2.33. The third-order valence-corrected chi connectivity index (χ3v) is 2.67. The summed E-state index contributed by atoms with van der Waals surface area (Å²) in [6, 6.07) is 0. The van der Waals surface area contributed by atoms with Gasteiger partial charge >= 0.3 is 5.15 Å². The zero-order chi connectivity index (χ0) is 9.46. The fourth-order valence-electron chi connectivity index (χ4n) is 0.890. The van der Waals surface area contributed by atoms with Gasteiger partial charge in [-0.2, -0.15) is 4.73 Å². The molecule has 0 aliphatic rings. The van der Waals surface area contributed by atoms with E-state index in [1.165, 1.54) is 0 Å². The number of aromatic nitrogens is 1. The fourth-order valence-corrected chi connectivity index (χ4v) is 1.34. The van der Waals surface area contributed by atoms with Crippen LogP contribution in [-0.2, 0) is 0 Å². The van der Waals surface area contributed by atoms with E-state index in [2.05, 4.69) is 0 Å². The molecule has 0 spiro atoms. The third-order valence-electron chi connectivity index (χ3n) is 1.76. The number of hydrogen-bond donors (Lipinski definition) is 1. The summed E-state index contributed by atoms with van der Waals surface area (Å²) in [5, 5.41) is 11.5. The van der Waals surface area contributed by atoms with Crippen molar-refractivity contribution in [3.8, 4) is 0 Å². The van der Waals surface area contributed by atoms with Crippen LogP contribution >= 0.6 is 23.2 Å². The number of nitrogen functional groups attached to an aromatic ring is 1. The van der Waals surface area contributed by atoms with Gasteiger partial charge in [0, 0.05) is 12.5 Å². The van der Waals surface area contributed by atoms with Gasteiger partial charge in [-0.3, -0.25) is 0 Å². The highest BCUT2D eigenvalue weighted by atomic mass is 35.5. The van der Waals surface area contributed by atoms with Crippen molar-refractivity contribution >= 4 is 28.9 Å². The highest BCUT2D eigenvalue weighted by Gasteiger charge is 2.18. The minimum atomic E-state index is -0.0191. The van der Waals surface area contributed by atoms with Crippen LogP contribution in [0.4, 0.5) is 5.69 Å². The van der Waals surface area contributed by atoms with Gasteiger partial charge in [0.05, 0.1) is 0 Å². The summed E-state index contributed by atoms with van der Waals surface area (Å²) in [6.07, 6.45) is 0. The maximum absolute atomic E-state index is 11.2. The van der Waals surface area contributed by atoms with E-state index in [0.717, 1.165) is 0 Å². The minimum Gasteiger partial charge on any atom is -0.617 e. The molecule has 0 fully saturated rings. The topological polar surface area (TPSA) is 53.0 Å². The first-order chi connectivity index (χ1) is 5.46. The van der Waals surface area contributed by atoms with Gasteiger partial charge in [-0.25, -0.2) is 0 Å². The lowest BCUT2D eigenvalue weighted by atomic mass is 10.2. The Labute approximate surface area is 80.3 Å². The quantitative estimate of drug-likeness (QED) is 0.400. The Bertz CT molecular complexity index is 234. The second-order valence-electron chi connectivity index (χ2n) is 2.52. The predicted molar refractivity (Wildman–Crippen MR) is 49.3 cm³/mol. The van der Waals surface area contributed by atoms with Crippen molar-refractivity contribution in [3.63, 3.8) is 0 Å². The van der Waals surface area contributed by atoms with Crippen molar-refractivity contribution in [2.45, 2.75) is 13.8 Å². The molecule has 0 saturated heterocycles. The van der Waals surface area contributed by atoms with E-state index in [4.69, 9.17) is 28.9 Å². The van der Waals surface area contributed by atoms with Crippen LogP contribution in [0, 0.1) is 19.1 Å². The molecule has 1 aromatic heterocycles. The molecule has 0 bridgehead atoms. The van der Waals surface area contributed by atoms with Gasteiger partial charge in [0.25, 0.3) is 0 Å². The first kappa shape index (κ1) is 9.42. The third kappa shape index (κ3) is 1.19. The summed E-state index contributed by atoms with van der Waals surface area (Å²) < 4.78 is 0.520. The number of hydrogen-bond acceptors (Lipinski definition) is 2. The zero-order valence-corrected chi connectivity index (χ0v) is 8.20. The molecule has 0 amide bonds. The molecule has 0 atom stereocenters. The van der Waals surface area contributed by atoms with Crippen LogP contribution < -0.4 is 10.5 Å². The highest BCUT2D eigenvalue weighted by molar-refractivity contribution is 6.34. The number of anilines is 1. The maximum Gasteiger partial charge on any atom is 0.310 e. The van der Waals surface area contributed by atoms with E-state index in [9.17, 15) is 5.21 Å². The summed E-state index contributed by atoms with van der Waals surface area (Å²) in [6.45, 7) is 3.31. The van der Waals surface area contributed by atoms with Gasteiger partial charge in [0.1, 0.15) is 10.7 Å². The van der Waals surface area contributed by atoms with Crippen molar-refractivity contribution in [1.82, 2.24) is 0 Å². The molecule has 12 heavy (non-hydrogen) atoms. The number of nitrogens with zero attached hydrogens (tertiary/aromatic N) is 1. The number of halogens is 2. The molecule has 3 nitrogen and oxygen atoms in total. The largest absolute Gasteiger partial charge is 0.617 e. The first-order valence-corrected chi connectivity index (χ1v) is 4.05. The Morgan fingerprint density at radius 3 is 2.33 bits per heavy atom. The summed E-state index contributed by atoms with van der Waals surface area (Å²) in [7, 11) is 0. The Kier molecular flexibility index (Phi) is 2.35. The number of nitrogens with two attached hydrogens (primary N) is 1. The van der Waals surface area contributed by atoms with Gasteiger partial charge < -0.3 is 10.9 Å². The van der Waals surface area contributed by atoms with E-state index < -0.39 is 0 Å². The smallest absolute Gasteiger partial charge is 0.310 e. The average molecular weight is 207 g/mol. The SMILES string of the molecule is Cc1c(N)c(Cl)[n+]([O-])c(C)c1Cl. The van der Waals surface area contributed by atoms with Crippen LogP contribution in [0.15, 0.2) is 0 Å². The molecule has 0 radical (unpaired) electrons. The maximum atomic E-state index is 11.2. The van der Waals surface area contributed by atoms with Gasteiger partial charge in [0.2, 0.25) is 5.69 Å². The second kappa shape index (κ2) is 2.99. The molecular formula is C7H8Cl2N2O. The lowest BCUT2D eigenvalue weighted by Gasteiger charge is -2.09. The van der Waals surface area contributed by atoms with Gasteiger partial charge in [0.15, 0.2) is 0 Å². The Morgan fingerprint density at radius 1 is 1.33 bits per heavy atom. The van der Waals surface area contributed by atoms with E-state index in [1.807, 2.05) is 0 Å². The first-order valence-electron chi connectivity index (χ1n) is 3.30. The Hall–Kier alpha value is -0.670. The molecule has 1 rings (SSSR count). The van der Waals surface area contributed by atoms with Crippen LogP contribution in [-0.4, -0.2) is 0 Å². The molecule has 66 valence electrons. The molecule has 0 aromatic carbocycles. The number of pyridine rings is 1. The minimum absolute atomic E-state index is 0.0191. The Morgan fingerprint density at radius 2 is 1.83 bits per heavy atom. The van der Waals surface area contributed by atoms with Crippen LogP contribution in [0.2, 0.25) is 10.2 Å². The van der Waals surface area contributed by atoms with E-state index in [-0.39, 0.29) is 10.8 Å². The highest BCUT2D eigenvalue weighted by Crippen LogP contribution is 2.27. The molecule has 5 heteroatoms. The van der Waals surface area contributed by atoms with Crippen LogP contribution in [0.25, 0.3) is 0 Å². The summed E-state index contributed by atoms with van der Waals surface area (Å²) >= 11 is 11.4. The molecule has 0 aliphatic heterocycles. The predicted octanol–water partition coefficient (Wildman–Crippen LogP) is 1.83. The lowest BCUT2D eigenvalue weighted by molar-refractivity contribution is -0.609. The second-order valence-corrected chi connectivity index (χ2v) is 3.26. The van der Waals surface area contributed by atoms with Crippen molar-refractivity contribution in [1.29, 1.82) is 0 Å². The van der Waals surface area contributed by atoms with Gasteiger partial charge in [-0.15, -0.1) is 0 Å². The van der Waals surface area contributed by atoms with Gasteiger partial charge in [-0.05, 0) is 18.5 Å². The summed E-state index contributed by atoms with van der Waals surface area (Å²) in [5.74, 6) is 0. The summed E-state index contributed by atoms with van der Waals surface area (Å²) in [4.78, 5) is 0. The van der Waals surface area contributed by atoms with E-state index in [1.54, 1.807) is 13.8 Å². The van der Waals surface area contributed by atoms with Crippen molar-refractivity contribution in [2.75, 3.05) is 5.73 Å². The van der Waals surface area contributed by atoms with Crippen LogP contribution in [0.1, 0.15) is 11.3 Å². The fraction of sp³-hybridized carbons (Fsp3) is 0.286. The molecular weight excluding hydrogens is 199 g/mol. The molecule has 2 N–H and O–H groups in total. The van der Waals surface area contributed by atoms with Crippen LogP contribution in [0.5, 0.6) is 0 Å². The average Bonchev–Trinajstić information content (AvgIpc) is 2.08. The molecule has 0 aliphatic carbocycles. The summed E-state index contributed by atoms with van der Waals surface area (Å²) in [5.41, 5.74) is 6.77. The van der Waals surface area contributed by atoms with E-state index in [0.29, 0.717) is 21.0 Å². The van der Waals surface area contributed by atoms with Crippen molar-refractivity contribution in [2.24, 2.45) is 0 Å². The van der Waals surface area contributed by atoms with E-state index >= 15 is 0 Å². The molecule has 0 unspecified atom stereocenters. The zero-order valence-electron chi connectivity index (χ0n) is 6.69. The molecule has 1 aromatic rings. The van der Waals surface area contributed by atoms with Crippen molar-refractivity contribution < 1.29 is 4.73 Å². The monoisotopic (exact) mass is 206 g/mol. The van der Waals surface area contributed by atoms with Crippen LogP contribution in [0.3, 0.4) is 0 Å². The normalized spacial score (nSPS) is 10.3. The molecule has 0 saturated carbocycles. The molecule has 1 heterocycles. The number of rotatable bonds is 0. The Balaban J connectivity index is 3.60.